The molecule has 1 aromatic heterocycles. The zero-order valence-electron chi connectivity index (χ0n) is 10.3. The van der Waals surface area contributed by atoms with E-state index >= 15 is 0 Å². The monoisotopic (exact) mass is 362 g/mol. The minimum atomic E-state index is 0.547. The number of aryl methyl sites for hydroxylation is 1. The van der Waals surface area contributed by atoms with Crippen molar-refractivity contribution >= 4 is 33.4 Å². The van der Waals surface area contributed by atoms with E-state index in [0.717, 1.165) is 25.8 Å². The second-order valence-electron chi connectivity index (χ2n) is 4.17. The first kappa shape index (κ1) is 12.3. The van der Waals surface area contributed by atoms with Gasteiger partial charge in [-0.2, -0.15) is 5.10 Å². The van der Waals surface area contributed by atoms with E-state index in [9.17, 15) is 0 Å². The lowest BCUT2D eigenvalue weighted by molar-refractivity contribution is 0.458. The van der Waals surface area contributed by atoms with Gasteiger partial charge in [0.2, 0.25) is 5.88 Å². The number of hydrogen-bond donors (Lipinski definition) is 0. The summed E-state index contributed by atoms with van der Waals surface area (Å²) in [7, 11) is 0. The Kier molecular flexibility index (Phi) is 3.33. The van der Waals surface area contributed by atoms with Crippen molar-refractivity contribution in [3.05, 3.63) is 57.8 Å². The van der Waals surface area contributed by atoms with Gasteiger partial charge < -0.3 is 4.74 Å². The summed E-state index contributed by atoms with van der Waals surface area (Å²) in [5, 5.41) is 10.4. The molecule has 1 heterocycles. The fourth-order valence-corrected chi connectivity index (χ4v) is 2.42. The molecule has 4 heteroatoms. The third-order valence-corrected chi connectivity index (χ3v) is 3.77. The maximum atomic E-state index is 5.90. The number of halogens is 1. The van der Waals surface area contributed by atoms with Crippen molar-refractivity contribution in [3.8, 4) is 11.6 Å². The molecule has 0 atom stereocenters. The quantitative estimate of drug-likeness (QED) is 0.637. The van der Waals surface area contributed by atoms with Crippen LogP contribution in [0.25, 0.3) is 10.8 Å². The molecule has 0 N–H and O–H groups in total. The molecule has 0 unspecified atom stereocenters. The molecule has 0 aliphatic carbocycles. The molecule has 0 bridgehead atoms. The Labute approximate surface area is 124 Å². The number of ether oxygens (including phenoxy) is 1. The number of aromatic nitrogens is 2. The zero-order valence-corrected chi connectivity index (χ0v) is 12.5. The Balaban J connectivity index is 2.12. The summed E-state index contributed by atoms with van der Waals surface area (Å²) in [4.78, 5) is 0. The van der Waals surface area contributed by atoms with Crippen LogP contribution in [0.1, 0.15) is 5.69 Å². The maximum Gasteiger partial charge on any atom is 0.246 e. The molecular weight excluding hydrogens is 351 g/mol. The molecule has 0 fully saturated rings. The van der Waals surface area contributed by atoms with Gasteiger partial charge >= 0.3 is 0 Å². The second kappa shape index (κ2) is 5.13. The largest absolute Gasteiger partial charge is 0.436 e. The molecule has 19 heavy (non-hydrogen) atoms. The van der Waals surface area contributed by atoms with Crippen LogP contribution >= 0.6 is 22.6 Å². The highest BCUT2D eigenvalue weighted by molar-refractivity contribution is 14.1. The van der Waals surface area contributed by atoms with Crippen LogP contribution in [0.2, 0.25) is 0 Å². The molecule has 3 aromatic rings. The number of nitrogens with zero attached hydrogens (tertiary/aromatic N) is 2. The van der Waals surface area contributed by atoms with Crippen molar-refractivity contribution in [2.45, 2.75) is 6.92 Å². The van der Waals surface area contributed by atoms with Crippen LogP contribution in [0.5, 0.6) is 11.6 Å². The van der Waals surface area contributed by atoms with E-state index in [0.29, 0.717) is 5.88 Å². The first-order chi connectivity index (χ1) is 9.25. The van der Waals surface area contributed by atoms with Gasteiger partial charge in [-0.1, -0.05) is 30.3 Å². The van der Waals surface area contributed by atoms with Gasteiger partial charge in [-0.25, -0.2) is 0 Å². The van der Waals surface area contributed by atoms with Crippen molar-refractivity contribution in [1.82, 2.24) is 10.2 Å². The van der Waals surface area contributed by atoms with E-state index in [2.05, 4.69) is 32.8 Å². The van der Waals surface area contributed by atoms with E-state index < -0.39 is 0 Å². The molecule has 2 aromatic carbocycles. The number of fused-ring (bicyclic) bond motifs is 1. The fraction of sp³-hybridized carbons (Fsp3) is 0.0667. The van der Waals surface area contributed by atoms with Crippen LogP contribution in [0.3, 0.4) is 0 Å². The normalized spacial score (nSPS) is 10.6. The Morgan fingerprint density at radius 1 is 0.895 bits per heavy atom. The van der Waals surface area contributed by atoms with Gasteiger partial charge in [-0.15, -0.1) is 5.10 Å². The standard InChI is InChI=1S/C15H11IN2O/c1-10-11-6-2-3-7-12(11)15(18-17-10)19-14-9-5-4-8-13(14)16/h2-9H,1H3. The minimum Gasteiger partial charge on any atom is -0.436 e. The Morgan fingerprint density at radius 2 is 1.58 bits per heavy atom. The molecule has 0 saturated heterocycles. The Morgan fingerprint density at radius 3 is 2.37 bits per heavy atom. The highest BCUT2D eigenvalue weighted by atomic mass is 127. The second-order valence-corrected chi connectivity index (χ2v) is 5.33. The van der Waals surface area contributed by atoms with Gasteiger partial charge in [0.1, 0.15) is 5.75 Å². The van der Waals surface area contributed by atoms with Gasteiger partial charge in [0.05, 0.1) is 9.26 Å². The molecule has 3 nitrogen and oxygen atoms in total. The van der Waals surface area contributed by atoms with Crippen LogP contribution < -0.4 is 4.74 Å². The van der Waals surface area contributed by atoms with Crippen LogP contribution in [0.4, 0.5) is 0 Å². The van der Waals surface area contributed by atoms with Crippen molar-refractivity contribution in [1.29, 1.82) is 0 Å². The summed E-state index contributed by atoms with van der Waals surface area (Å²) in [5.41, 5.74) is 0.908. The van der Waals surface area contributed by atoms with E-state index in [4.69, 9.17) is 4.74 Å². The van der Waals surface area contributed by atoms with Gasteiger partial charge in [-0.3, -0.25) is 0 Å². The highest BCUT2D eigenvalue weighted by Crippen LogP contribution is 2.30. The van der Waals surface area contributed by atoms with Crippen LogP contribution in [0, 0.1) is 10.5 Å². The summed E-state index contributed by atoms with van der Waals surface area (Å²) < 4.78 is 6.94. The van der Waals surface area contributed by atoms with E-state index in [1.165, 1.54) is 0 Å². The molecule has 3 rings (SSSR count). The molecule has 0 amide bonds. The minimum absolute atomic E-state index is 0.547. The SMILES string of the molecule is Cc1nnc(Oc2ccccc2I)c2ccccc12. The predicted molar refractivity (Wildman–Crippen MR) is 83.5 cm³/mol. The van der Waals surface area contributed by atoms with E-state index in [1.54, 1.807) is 0 Å². The van der Waals surface area contributed by atoms with E-state index in [1.807, 2.05) is 55.5 Å². The first-order valence-corrected chi connectivity index (χ1v) is 6.98. The van der Waals surface area contributed by atoms with Crippen LogP contribution in [0.15, 0.2) is 48.5 Å². The molecule has 0 aliphatic heterocycles. The summed E-state index contributed by atoms with van der Waals surface area (Å²) in [6.07, 6.45) is 0. The van der Waals surface area contributed by atoms with Gasteiger partial charge in [0.15, 0.2) is 0 Å². The molecule has 0 spiro atoms. The molecule has 0 radical (unpaired) electrons. The number of hydrogen-bond acceptors (Lipinski definition) is 3. The molecule has 0 saturated carbocycles. The first-order valence-electron chi connectivity index (χ1n) is 5.90. The third kappa shape index (κ3) is 2.40. The Bertz CT molecular complexity index is 743. The predicted octanol–water partition coefficient (Wildman–Crippen LogP) is 4.34. The van der Waals surface area contributed by atoms with Gasteiger partial charge in [0, 0.05) is 10.8 Å². The van der Waals surface area contributed by atoms with Crippen molar-refractivity contribution in [2.75, 3.05) is 0 Å². The lowest BCUT2D eigenvalue weighted by Gasteiger charge is -2.09. The van der Waals surface area contributed by atoms with Crippen LogP contribution in [-0.4, -0.2) is 10.2 Å². The van der Waals surface area contributed by atoms with Crippen LogP contribution in [-0.2, 0) is 0 Å². The Hall–Kier alpha value is -1.69. The number of benzene rings is 2. The molecule has 0 aliphatic rings. The summed E-state index contributed by atoms with van der Waals surface area (Å²) >= 11 is 2.24. The van der Waals surface area contributed by atoms with Crippen molar-refractivity contribution < 1.29 is 4.74 Å². The molecular formula is C15H11IN2O. The topological polar surface area (TPSA) is 35.0 Å². The highest BCUT2D eigenvalue weighted by Gasteiger charge is 2.09. The van der Waals surface area contributed by atoms with Crippen molar-refractivity contribution in [2.24, 2.45) is 0 Å². The number of rotatable bonds is 2. The zero-order chi connectivity index (χ0) is 13.2. The average Bonchev–Trinajstić information content (AvgIpc) is 2.44. The van der Waals surface area contributed by atoms with Gasteiger partial charge in [-0.05, 0) is 47.7 Å². The fourth-order valence-electron chi connectivity index (χ4n) is 1.92. The third-order valence-electron chi connectivity index (χ3n) is 2.88. The van der Waals surface area contributed by atoms with E-state index in [-0.39, 0.29) is 0 Å². The molecule has 94 valence electrons. The number of para-hydroxylation sites is 1. The summed E-state index contributed by atoms with van der Waals surface area (Å²) in [5.74, 6) is 1.34. The van der Waals surface area contributed by atoms with Gasteiger partial charge in [0.25, 0.3) is 0 Å². The smallest absolute Gasteiger partial charge is 0.246 e. The lowest BCUT2D eigenvalue weighted by Crippen LogP contribution is -1.96. The maximum absolute atomic E-state index is 5.90. The lowest BCUT2D eigenvalue weighted by atomic mass is 10.1. The average molecular weight is 362 g/mol. The summed E-state index contributed by atoms with van der Waals surface area (Å²) in [6, 6.07) is 15.9. The summed E-state index contributed by atoms with van der Waals surface area (Å²) in [6.45, 7) is 1.95. The van der Waals surface area contributed by atoms with Crippen molar-refractivity contribution in [3.63, 3.8) is 0 Å².